The molecule has 0 atom stereocenters. The van der Waals surface area contributed by atoms with Crippen LogP contribution in [0.3, 0.4) is 0 Å². The summed E-state index contributed by atoms with van der Waals surface area (Å²) in [5, 5.41) is 11.3. The smallest absolute Gasteiger partial charge is 0.188 e. The number of morpholine rings is 1. The van der Waals surface area contributed by atoms with Gasteiger partial charge in [-0.2, -0.15) is 5.26 Å². The van der Waals surface area contributed by atoms with E-state index >= 15 is 0 Å². The lowest BCUT2D eigenvalue weighted by Crippen LogP contribution is -2.36. The number of thiophene rings is 1. The highest BCUT2D eigenvalue weighted by Gasteiger charge is 2.28. The molecule has 1 aromatic carbocycles. The summed E-state index contributed by atoms with van der Waals surface area (Å²) in [6.45, 7) is 2.25. The van der Waals surface area contributed by atoms with Crippen molar-refractivity contribution < 1.29 is 17.9 Å². The molecule has 1 saturated heterocycles. The number of ether oxygens (including phenoxy) is 1. The first-order valence-electron chi connectivity index (χ1n) is 8.73. The minimum atomic E-state index is -3.51. The van der Waals surface area contributed by atoms with E-state index in [-0.39, 0.29) is 6.42 Å². The molecule has 2 heterocycles. The molecule has 0 amide bonds. The van der Waals surface area contributed by atoms with Gasteiger partial charge in [0.25, 0.3) is 0 Å². The van der Waals surface area contributed by atoms with Crippen LogP contribution in [0.5, 0.6) is 0 Å². The summed E-state index contributed by atoms with van der Waals surface area (Å²) in [4.78, 5) is 15.1. The molecule has 0 bridgehead atoms. The Bertz CT molecular complexity index is 1080. The van der Waals surface area contributed by atoms with E-state index in [0.29, 0.717) is 57.4 Å². The number of nitrogens with zero attached hydrogens (tertiary/aromatic N) is 2. The minimum Gasteiger partial charge on any atom is -0.378 e. The van der Waals surface area contributed by atoms with Crippen LogP contribution in [-0.2, 0) is 21.0 Å². The van der Waals surface area contributed by atoms with Crippen LogP contribution in [0.1, 0.15) is 26.4 Å². The Kier molecular flexibility index (Phi) is 6.87. The Labute approximate surface area is 183 Å². The van der Waals surface area contributed by atoms with Gasteiger partial charge >= 0.3 is 0 Å². The second kappa shape index (κ2) is 9.02. The van der Waals surface area contributed by atoms with Crippen molar-refractivity contribution in [1.29, 1.82) is 5.26 Å². The van der Waals surface area contributed by atoms with Gasteiger partial charge in [-0.15, -0.1) is 11.3 Å². The van der Waals surface area contributed by atoms with Crippen LogP contribution in [0.4, 0.5) is 5.00 Å². The van der Waals surface area contributed by atoms with Gasteiger partial charge in [0.05, 0.1) is 33.7 Å². The number of nitriles is 1. The summed E-state index contributed by atoms with van der Waals surface area (Å²) in [6, 6.07) is 7.32. The first-order chi connectivity index (χ1) is 13.7. The van der Waals surface area contributed by atoms with Crippen LogP contribution in [-0.4, -0.2) is 52.5 Å². The average molecular weight is 473 g/mol. The lowest BCUT2D eigenvalue weighted by molar-refractivity contribution is 0.102. The number of Topliss-reactive ketones (excluding diaryl/α,β-unsaturated/α-hetero) is 1. The molecule has 0 spiro atoms. The lowest BCUT2D eigenvalue weighted by atomic mass is 10.00. The summed E-state index contributed by atoms with van der Waals surface area (Å²) in [5.41, 5.74) is 1.68. The van der Waals surface area contributed by atoms with E-state index in [2.05, 4.69) is 6.07 Å². The average Bonchev–Trinajstić information content (AvgIpc) is 3.02. The molecular weight excluding hydrogens is 455 g/mol. The molecule has 1 aromatic heterocycles. The van der Waals surface area contributed by atoms with E-state index in [1.165, 1.54) is 11.3 Å². The van der Waals surface area contributed by atoms with Crippen molar-refractivity contribution in [2.45, 2.75) is 6.42 Å². The Morgan fingerprint density at radius 2 is 1.97 bits per heavy atom. The Hall–Kier alpha value is -1.63. The zero-order valence-electron chi connectivity index (χ0n) is 15.6. The number of sulfone groups is 1. The zero-order valence-corrected chi connectivity index (χ0v) is 18.7. The number of hydrogen-bond acceptors (Lipinski definition) is 7. The fourth-order valence-electron chi connectivity index (χ4n) is 3.11. The monoisotopic (exact) mass is 472 g/mol. The van der Waals surface area contributed by atoms with Crippen molar-refractivity contribution in [3.8, 4) is 6.07 Å². The van der Waals surface area contributed by atoms with E-state index in [1.54, 1.807) is 18.2 Å². The summed E-state index contributed by atoms with van der Waals surface area (Å²) in [5.74, 6) is -1.11. The first-order valence-corrected chi connectivity index (χ1v) is 12.4. The highest BCUT2D eigenvalue weighted by atomic mass is 35.5. The van der Waals surface area contributed by atoms with E-state index in [9.17, 15) is 18.5 Å². The highest BCUT2D eigenvalue weighted by molar-refractivity contribution is 7.91. The van der Waals surface area contributed by atoms with Crippen LogP contribution in [0, 0.1) is 11.3 Å². The summed E-state index contributed by atoms with van der Waals surface area (Å²) in [7, 11) is -3.51. The van der Waals surface area contributed by atoms with Crippen LogP contribution < -0.4 is 4.90 Å². The van der Waals surface area contributed by atoms with E-state index in [4.69, 9.17) is 27.9 Å². The third-order valence-electron chi connectivity index (χ3n) is 4.41. The Balaban J connectivity index is 2.09. The van der Waals surface area contributed by atoms with Crippen LogP contribution in [0.25, 0.3) is 0 Å². The second-order valence-electron chi connectivity index (χ2n) is 6.72. The number of carbonyl (C=O) groups excluding carboxylic acids is 1. The molecular formula is C19H18Cl2N2O4S2. The molecule has 10 heteroatoms. The molecule has 1 fully saturated rings. The number of hydrogen-bond donors (Lipinski definition) is 0. The molecule has 1 aliphatic heterocycles. The van der Waals surface area contributed by atoms with Gasteiger partial charge in [0, 0.05) is 25.8 Å². The third kappa shape index (κ3) is 5.30. The molecule has 0 N–H and O–H groups in total. The number of benzene rings is 1. The minimum absolute atomic E-state index is 0.269. The maximum atomic E-state index is 12.8. The highest BCUT2D eigenvalue weighted by Crippen LogP contribution is 2.38. The maximum absolute atomic E-state index is 12.8. The van der Waals surface area contributed by atoms with Crippen molar-refractivity contribution in [2.24, 2.45) is 0 Å². The lowest BCUT2D eigenvalue weighted by Gasteiger charge is -2.27. The van der Waals surface area contributed by atoms with Crippen LogP contribution in [0.15, 0.2) is 18.2 Å². The number of ketones is 1. The van der Waals surface area contributed by atoms with Gasteiger partial charge in [-0.05, 0) is 23.3 Å². The second-order valence-corrected chi connectivity index (χ2v) is 10.7. The number of halogens is 2. The topological polar surface area (TPSA) is 87.5 Å². The van der Waals surface area contributed by atoms with Gasteiger partial charge < -0.3 is 9.64 Å². The van der Waals surface area contributed by atoms with Crippen molar-refractivity contribution in [1.82, 2.24) is 0 Å². The molecule has 2 aromatic rings. The predicted molar refractivity (Wildman–Crippen MR) is 115 cm³/mol. The van der Waals surface area contributed by atoms with Crippen molar-refractivity contribution in [3.63, 3.8) is 0 Å². The Morgan fingerprint density at radius 1 is 1.28 bits per heavy atom. The van der Waals surface area contributed by atoms with Crippen LogP contribution >= 0.6 is 34.5 Å². The fraction of sp³-hybridized carbons (Fsp3) is 0.368. The van der Waals surface area contributed by atoms with Crippen LogP contribution in [0.2, 0.25) is 10.0 Å². The van der Waals surface area contributed by atoms with E-state index in [0.717, 1.165) is 11.8 Å². The molecule has 0 unspecified atom stereocenters. The fourth-order valence-corrected chi connectivity index (χ4v) is 5.40. The van der Waals surface area contributed by atoms with Gasteiger partial charge in [0.2, 0.25) is 0 Å². The number of rotatable bonds is 6. The van der Waals surface area contributed by atoms with Gasteiger partial charge in [-0.1, -0.05) is 29.3 Å². The largest absolute Gasteiger partial charge is 0.378 e. The zero-order chi connectivity index (χ0) is 21.2. The molecule has 1 aliphatic rings. The molecule has 0 saturated carbocycles. The third-order valence-corrected chi connectivity index (χ3v) is 7.27. The molecule has 3 rings (SSSR count). The van der Waals surface area contributed by atoms with Gasteiger partial charge in [-0.25, -0.2) is 8.42 Å². The van der Waals surface area contributed by atoms with Gasteiger partial charge in [0.15, 0.2) is 15.6 Å². The van der Waals surface area contributed by atoms with Crippen molar-refractivity contribution in [2.75, 3.05) is 43.2 Å². The van der Waals surface area contributed by atoms with E-state index < -0.39 is 21.4 Å². The van der Waals surface area contributed by atoms with E-state index in [1.807, 2.05) is 4.90 Å². The SMILES string of the molecule is CS(=O)(=O)CC(=O)c1sc(N2CCOCC2)c(C#N)c1Cc1ccc(Cl)c(Cl)c1. The molecule has 154 valence electrons. The van der Waals surface area contributed by atoms with Crippen molar-refractivity contribution >= 4 is 55.2 Å². The summed E-state index contributed by atoms with van der Waals surface area (Å²) >= 11 is 13.3. The van der Waals surface area contributed by atoms with Gasteiger partial charge in [-0.3, -0.25) is 4.79 Å². The molecule has 0 radical (unpaired) electrons. The summed E-state index contributed by atoms with van der Waals surface area (Å²) < 4.78 is 28.8. The first kappa shape index (κ1) is 22.1. The number of carbonyl (C=O) groups is 1. The normalized spacial score (nSPS) is 14.6. The predicted octanol–water partition coefficient (Wildman–Crippen LogP) is 3.58. The van der Waals surface area contributed by atoms with Gasteiger partial charge in [0.1, 0.15) is 16.8 Å². The molecule has 0 aliphatic carbocycles. The quantitative estimate of drug-likeness (QED) is 0.596. The summed E-state index contributed by atoms with van der Waals surface area (Å²) in [6.07, 6.45) is 1.29. The number of anilines is 1. The molecule has 6 nitrogen and oxygen atoms in total. The Morgan fingerprint density at radius 3 is 2.55 bits per heavy atom. The molecule has 29 heavy (non-hydrogen) atoms. The standard InChI is InChI=1S/C19H18Cl2N2O4S2/c1-29(25,26)11-17(24)18-13(8-12-2-3-15(20)16(21)9-12)14(10-22)19(28-18)23-4-6-27-7-5-23/h2-3,9H,4-8,11H2,1H3. The van der Waals surface area contributed by atoms with Crippen molar-refractivity contribution in [3.05, 3.63) is 49.8 Å². The maximum Gasteiger partial charge on any atom is 0.188 e.